The van der Waals surface area contributed by atoms with Crippen LogP contribution in [-0.2, 0) is 4.57 Å². The van der Waals surface area contributed by atoms with Gasteiger partial charge in [0.2, 0.25) is 0 Å². The van der Waals surface area contributed by atoms with Gasteiger partial charge in [-0.3, -0.25) is 4.57 Å². The fourth-order valence-electron chi connectivity index (χ4n) is 1.51. The van der Waals surface area contributed by atoms with Crippen molar-refractivity contribution < 1.29 is 19.7 Å². The molecule has 2 rings (SSSR count). The normalized spacial score (nSPS) is 11.4. The first-order valence-corrected chi connectivity index (χ1v) is 6.58. The van der Waals surface area contributed by atoms with E-state index in [-0.39, 0.29) is 22.1 Å². The number of hydrogen-bond donors (Lipinski definition) is 3. The van der Waals surface area contributed by atoms with Crippen molar-refractivity contribution in [2.24, 2.45) is 0 Å². The van der Waals surface area contributed by atoms with E-state index in [0.29, 0.717) is 0 Å². The Bertz CT molecular complexity index is 545. The van der Waals surface area contributed by atoms with E-state index in [1.165, 1.54) is 48.5 Å². The summed E-state index contributed by atoms with van der Waals surface area (Å²) in [6.45, 7) is 0. The lowest BCUT2D eigenvalue weighted by Crippen LogP contribution is -2.14. The summed E-state index contributed by atoms with van der Waals surface area (Å²) >= 11 is 0. The maximum absolute atomic E-state index is 12.3. The number of rotatable bonds is 2. The zero-order valence-electron chi connectivity index (χ0n) is 8.82. The van der Waals surface area contributed by atoms with Crippen LogP contribution in [0.25, 0.3) is 0 Å². The molecule has 0 saturated heterocycles. The van der Waals surface area contributed by atoms with Gasteiger partial charge in [-0.25, -0.2) is 0 Å². The number of aromatic hydroxyl groups is 2. The molecule has 0 fully saturated rings. The van der Waals surface area contributed by atoms with Crippen LogP contribution in [0.5, 0.6) is 11.5 Å². The van der Waals surface area contributed by atoms with Crippen molar-refractivity contribution in [2.45, 2.75) is 0 Å². The maximum atomic E-state index is 12.3. The van der Waals surface area contributed by atoms with Crippen molar-refractivity contribution in [3.63, 3.8) is 0 Å². The lowest BCUT2D eigenvalue weighted by Gasteiger charge is -2.12. The minimum atomic E-state index is -3.77. The minimum absolute atomic E-state index is 0.0723. The third-order valence-corrected chi connectivity index (χ3v) is 4.32. The average molecular weight is 250 g/mol. The standard InChI is InChI=1S/C12H11O4P/c13-9-3-1-5-11(7-9)17(15,16)12-6-2-4-10(14)8-12/h1-8,13-14H,(H,15,16). The van der Waals surface area contributed by atoms with Crippen LogP contribution < -0.4 is 10.6 Å². The summed E-state index contributed by atoms with van der Waals surface area (Å²) < 4.78 is 12.3. The van der Waals surface area contributed by atoms with Crippen molar-refractivity contribution in [3.8, 4) is 11.5 Å². The van der Waals surface area contributed by atoms with Crippen LogP contribution in [-0.4, -0.2) is 15.1 Å². The van der Waals surface area contributed by atoms with Gasteiger partial charge in [0.1, 0.15) is 11.5 Å². The summed E-state index contributed by atoms with van der Waals surface area (Å²) in [6, 6.07) is 11.2. The molecule has 0 aromatic heterocycles. The van der Waals surface area contributed by atoms with Crippen molar-refractivity contribution in [1.82, 2.24) is 0 Å². The molecule has 2 aromatic carbocycles. The maximum Gasteiger partial charge on any atom is 0.259 e. The first-order chi connectivity index (χ1) is 8.00. The second-order valence-electron chi connectivity index (χ2n) is 3.62. The SMILES string of the molecule is O=P(O)(c1cccc(O)c1)c1cccc(O)c1. The monoisotopic (exact) mass is 250 g/mol. The Balaban J connectivity index is 2.53. The molecular formula is C12H11O4P. The average Bonchev–Trinajstić information content (AvgIpc) is 2.29. The molecule has 0 radical (unpaired) electrons. The van der Waals surface area contributed by atoms with E-state index in [1.807, 2.05) is 0 Å². The van der Waals surface area contributed by atoms with Gasteiger partial charge in [-0.15, -0.1) is 0 Å². The van der Waals surface area contributed by atoms with Crippen LogP contribution in [0.1, 0.15) is 0 Å². The van der Waals surface area contributed by atoms with E-state index in [0.717, 1.165) is 0 Å². The second-order valence-corrected chi connectivity index (χ2v) is 5.80. The Labute approximate surface area is 98.2 Å². The third kappa shape index (κ3) is 2.33. The first-order valence-electron chi connectivity index (χ1n) is 4.92. The van der Waals surface area contributed by atoms with Crippen LogP contribution >= 0.6 is 7.37 Å². The van der Waals surface area contributed by atoms with Gasteiger partial charge in [0.25, 0.3) is 7.37 Å². The summed E-state index contributed by atoms with van der Waals surface area (Å²) in [5.74, 6) is -0.145. The molecule has 4 nitrogen and oxygen atoms in total. The lowest BCUT2D eigenvalue weighted by molar-refractivity contribution is 0.473. The molecule has 0 aliphatic heterocycles. The quantitative estimate of drug-likeness (QED) is 0.702. The summed E-state index contributed by atoms with van der Waals surface area (Å²) in [5, 5.41) is 18.8. The van der Waals surface area contributed by atoms with E-state index < -0.39 is 7.37 Å². The molecule has 2 aromatic rings. The molecule has 0 heterocycles. The first kappa shape index (κ1) is 11.7. The number of phenols is 2. The van der Waals surface area contributed by atoms with Crippen molar-refractivity contribution >= 4 is 18.0 Å². The topological polar surface area (TPSA) is 77.8 Å². The van der Waals surface area contributed by atoms with Gasteiger partial charge >= 0.3 is 0 Å². The molecule has 5 heteroatoms. The summed E-state index contributed by atoms with van der Waals surface area (Å²) in [5.41, 5.74) is 0. The predicted molar refractivity (Wildman–Crippen MR) is 65.3 cm³/mol. The van der Waals surface area contributed by atoms with Gasteiger partial charge in [0.15, 0.2) is 0 Å². The van der Waals surface area contributed by atoms with Gasteiger partial charge in [-0.2, -0.15) is 0 Å². The highest BCUT2D eigenvalue weighted by Gasteiger charge is 2.24. The Morgan fingerprint density at radius 3 is 1.59 bits per heavy atom. The van der Waals surface area contributed by atoms with E-state index in [1.54, 1.807) is 0 Å². The smallest absolute Gasteiger partial charge is 0.259 e. The van der Waals surface area contributed by atoms with Crippen LogP contribution in [0.4, 0.5) is 0 Å². The molecule has 0 aliphatic rings. The minimum Gasteiger partial charge on any atom is -0.508 e. The van der Waals surface area contributed by atoms with Gasteiger partial charge < -0.3 is 15.1 Å². The zero-order valence-corrected chi connectivity index (χ0v) is 9.71. The summed E-state index contributed by atoms with van der Waals surface area (Å²) in [4.78, 5) is 10.0. The Hall–Kier alpha value is -1.77. The Morgan fingerprint density at radius 1 is 0.824 bits per heavy atom. The van der Waals surface area contributed by atoms with Crippen molar-refractivity contribution in [2.75, 3.05) is 0 Å². The molecule has 0 bridgehead atoms. The van der Waals surface area contributed by atoms with E-state index in [2.05, 4.69) is 0 Å². The number of phenolic OH excluding ortho intramolecular Hbond substituents is 2. The third-order valence-electron chi connectivity index (χ3n) is 2.36. The van der Waals surface area contributed by atoms with Crippen molar-refractivity contribution in [3.05, 3.63) is 48.5 Å². The molecule has 0 atom stereocenters. The Morgan fingerprint density at radius 2 is 1.24 bits per heavy atom. The van der Waals surface area contributed by atoms with Crippen LogP contribution in [0.15, 0.2) is 48.5 Å². The van der Waals surface area contributed by atoms with Crippen molar-refractivity contribution in [1.29, 1.82) is 0 Å². The molecule has 0 amide bonds. The molecule has 0 spiro atoms. The predicted octanol–water partition coefficient (Wildman–Crippen LogP) is 1.32. The summed E-state index contributed by atoms with van der Waals surface area (Å²) in [7, 11) is -3.77. The zero-order chi connectivity index (χ0) is 12.5. The molecular weight excluding hydrogens is 239 g/mol. The lowest BCUT2D eigenvalue weighted by atomic mass is 10.3. The number of hydrogen-bond acceptors (Lipinski definition) is 3. The van der Waals surface area contributed by atoms with Crippen LogP contribution in [0.2, 0.25) is 0 Å². The second kappa shape index (κ2) is 4.24. The molecule has 88 valence electrons. The number of benzene rings is 2. The highest BCUT2D eigenvalue weighted by Crippen LogP contribution is 2.39. The van der Waals surface area contributed by atoms with Crippen LogP contribution in [0, 0.1) is 0 Å². The van der Waals surface area contributed by atoms with E-state index in [4.69, 9.17) is 0 Å². The highest BCUT2D eigenvalue weighted by molar-refractivity contribution is 7.73. The fourth-order valence-corrected chi connectivity index (χ4v) is 3.00. The van der Waals surface area contributed by atoms with Gasteiger partial charge in [-0.05, 0) is 36.4 Å². The molecule has 3 N–H and O–H groups in total. The molecule has 0 aliphatic carbocycles. The molecule has 17 heavy (non-hydrogen) atoms. The highest BCUT2D eigenvalue weighted by atomic mass is 31.2. The van der Waals surface area contributed by atoms with E-state index >= 15 is 0 Å². The largest absolute Gasteiger partial charge is 0.508 e. The van der Waals surface area contributed by atoms with Gasteiger partial charge in [-0.1, -0.05) is 12.1 Å². The van der Waals surface area contributed by atoms with Gasteiger partial charge in [0, 0.05) is 10.6 Å². The molecule has 0 unspecified atom stereocenters. The molecule has 0 saturated carbocycles. The Kier molecular flexibility index (Phi) is 2.92. The van der Waals surface area contributed by atoms with Crippen LogP contribution in [0.3, 0.4) is 0 Å². The fraction of sp³-hybridized carbons (Fsp3) is 0. The summed E-state index contributed by atoms with van der Waals surface area (Å²) in [6.07, 6.45) is 0. The van der Waals surface area contributed by atoms with E-state index in [9.17, 15) is 19.7 Å². The van der Waals surface area contributed by atoms with Gasteiger partial charge in [0.05, 0.1) is 0 Å².